The van der Waals surface area contributed by atoms with Crippen molar-refractivity contribution in [1.29, 1.82) is 0 Å². The van der Waals surface area contributed by atoms with Crippen LogP contribution in [0.3, 0.4) is 0 Å². The first-order valence-corrected chi connectivity index (χ1v) is 13.0. The van der Waals surface area contributed by atoms with Gasteiger partial charge in [0.2, 0.25) is 0 Å². The molecule has 0 radical (unpaired) electrons. The second-order valence-electron chi connectivity index (χ2n) is 12.7. The van der Waals surface area contributed by atoms with Gasteiger partial charge in [-0.2, -0.15) is 0 Å². The minimum atomic E-state index is -0.509. The molecule has 0 aromatic carbocycles. The first-order valence-electron chi connectivity index (χ1n) is 13.0. The summed E-state index contributed by atoms with van der Waals surface area (Å²) >= 11 is 0. The molecule has 8 atom stereocenters. The van der Waals surface area contributed by atoms with Gasteiger partial charge >= 0.3 is 0 Å². The van der Waals surface area contributed by atoms with Crippen molar-refractivity contribution in [3.05, 3.63) is 11.6 Å². The first-order chi connectivity index (χ1) is 13.6. The molecule has 4 aliphatic rings. The van der Waals surface area contributed by atoms with Crippen LogP contribution in [0.5, 0.6) is 0 Å². The van der Waals surface area contributed by atoms with Crippen molar-refractivity contribution < 1.29 is 5.11 Å². The van der Waals surface area contributed by atoms with E-state index < -0.39 is 5.60 Å². The van der Waals surface area contributed by atoms with Crippen molar-refractivity contribution in [2.75, 3.05) is 0 Å². The number of allylic oxidation sites excluding steroid dienone is 2. The van der Waals surface area contributed by atoms with Gasteiger partial charge in [0.05, 0.1) is 5.60 Å². The molecular weight excluding hydrogens is 352 g/mol. The van der Waals surface area contributed by atoms with E-state index >= 15 is 0 Å². The standard InChI is InChI=1S/C28H48O/c1-19(2)28(6,29)18-14-20(3)23-12-13-24-22-11-10-21-9-7-8-16-26(21,4)25(22)15-17-27(23,24)5/h10,19-20,22-25,29H,7-9,11-18H2,1-6H3. The molecule has 166 valence electrons. The predicted molar refractivity (Wildman–Crippen MR) is 124 cm³/mol. The van der Waals surface area contributed by atoms with E-state index in [1.54, 1.807) is 0 Å². The Kier molecular flexibility index (Phi) is 5.81. The maximum Gasteiger partial charge on any atom is 0.0642 e. The molecule has 4 aliphatic carbocycles. The molecule has 1 N–H and O–H groups in total. The Morgan fingerprint density at radius 1 is 1.07 bits per heavy atom. The minimum absolute atomic E-state index is 0.344. The van der Waals surface area contributed by atoms with Gasteiger partial charge in [0, 0.05) is 0 Å². The lowest BCUT2D eigenvalue weighted by Gasteiger charge is -2.58. The molecule has 8 unspecified atom stereocenters. The summed E-state index contributed by atoms with van der Waals surface area (Å²) in [5.41, 5.74) is 2.40. The van der Waals surface area contributed by atoms with Crippen LogP contribution in [0.15, 0.2) is 11.6 Å². The molecule has 1 heteroatoms. The van der Waals surface area contributed by atoms with Crippen molar-refractivity contribution in [3.63, 3.8) is 0 Å². The minimum Gasteiger partial charge on any atom is -0.390 e. The van der Waals surface area contributed by atoms with Crippen LogP contribution in [-0.4, -0.2) is 10.7 Å². The number of fused-ring (bicyclic) bond motifs is 5. The summed E-state index contributed by atoms with van der Waals surface area (Å²) in [7, 11) is 0. The Morgan fingerprint density at radius 3 is 2.55 bits per heavy atom. The Balaban J connectivity index is 1.49. The highest BCUT2D eigenvalue weighted by molar-refractivity contribution is 5.24. The monoisotopic (exact) mass is 400 g/mol. The van der Waals surface area contributed by atoms with Crippen LogP contribution in [-0.2, 0) is 0 Å². The molecular formula is C28H48O. The molecule has 0 spiro atoms. The van der Waals surface area contributed by atoms with Crippen molar-refractivity contribution in [3.8, 4) is 0 Å². The summed E-state index contributed by atoms with van der Waals surface area (Å²) in [6.45, 7) is 14.2. The zero-order valence-corrected chi connectivity index (χ0v) is 20.3. The van der Waals surface area contributed by atoms with Gasteiger partial charge in [-0.3, -0.25) is 0 Å². The zero-order chi connectivity index (χ0) is 21.0. The fourth-order valence-corrected chi connectivity index (χ4v) is 8.68. The quantitative estimate of drug-likeness (QED) is 0.467. The third kappa shape index (κ3) is 3.56. The van der Waals surface area contributed by atoms with Crippen molar-refractivity contribution in [1.82, 2.24) is 0 Å². The van der Waals surface area contributed by atoms with Crippen LogP contribution < -0.4 is 0 Å². The molecule has 0 bridgehead atoms. The molecule has 0 amide bonds. The van der Waals surface area contributed by atoms with Gasteiger partial charge in [-0.15, -0.1) is 0 Å². The zero-order valence-electron chi connectivity index (χ0n) is 20.3. The van der Waals surface area contributed by atoms with Crippen LogP contribution in [0.4, 0.5) is 0 Å². The highest BCUT2D eigenvalue weighted by Gasteiger charge is 2.58. The third-order valence-electron chi connectivity index (χ3n) is 11.1. The lowest BCUT2D eigenvalue weighted by Crippen LogP contribution is -2.50. The van der Waals surface area contributed by atoms with Crippen molar-refractivity contribution >= 4 is 0 Å². The molecule has 0 aromatic heterocycles. The van der Waals surface area contributed by atoms with Gasteiger partial charge in [0.25, 0.3) is 0 Å². The molecule has 0 heterocycles. The van der Waals surface area contributed by atoms with E-state index in [-0.39, 0.29) is 0 Å². The summed E-state index contributed by atoms with van der Waals surface area (Å²) in [4.78, 5) is 0. The van der Waals surface area contributed by atoms with Crippen LogP contribution in [0.2, 0.25) is 0 Å². The molecule has 4 rings (SSSR count). The van der Waals surface area contributed by atoms with Crippen LogP contribution in [0, 0.1) is 46.3 Å². The van der Waals surface area contributed by atoms with E-state index in [9.17, 15) is 5.11 Å². The van der Waals surface area contributed by atoms with Gasteiger partial charge in [0.1, 0.15) is 0 Å². The topological polar surface area (TPSA) is 20.2 Å². The van der Waals surface area contributed by atoms with Crippen LogP contribution >= 0.6 is 0 Å². The normalized spacial score (nSPS) is 45.0. The average molecular weight is 401 g/mol. The Bertz CT molecular complexity index is 630. The summed E-state index contributed by atoms with van der Waals surface area (Å²) in [5, 5.41) is 10.8. The Labute approximate surface area is 181 Å². The lowest BCUT2D eigenvalue weighted by atomic mass is 9.47. The van der Waals surface area contributed by atoms with Gasteiger partial charge in [0.15, 0.2) is 0 Å². The second kappa shape index (κ2) is 7.68. The van der Waals surface area contributed by atoms with Crippen LogP contribution in [0.25, 0.3) is 0 Å². The van der Waals surface area contributed by atoms with E-state index in [1.807, 2.05) is 12.5 Å². The van der Waals surface area contributed by atoms with Crippen LogP contribution in [0.1, 0.15) is 112 Å². The Hall–Kier alpha value is -0.300. The van der Waals surface area contributed by atoms with Gasteiger partial charge in [-0.25, -0.2) is 0 Å². The summed E-state index contributed by atoms with van der Waals surface area (Å²) in [6.07, 6.45) is 17.8. The largest absolute Gasteiger partial charge is 0.390 e. The second-order valence-corrected chi connectivity index (χ2v) is 12.7. The molecule has 0 saturated heterocycles. The summed E-state index contributed by atoms with van der Waals surface area (Å²) in [5.74, 6) is 4.79. The fraction of sp³-hybridized carbons (Fsp3) is 0.929. The van der Waals surface area contributed by atoms with E-state index in [2.05, 4.69) is 40.7 Å². The van der Waals surface area contributed by atoms with Gasteiger partial charge in [-0.05, 0) is 117 Å². The number of aliphatic hydroxyl groups is 1. The number of hydrogen-bond donors (Lipinski definition) is 1. The summed E-state index contributed by atoms with van der Waals surface area (Å²) < 4.78 is 0. The first kappa shape index (κ1) is 21.9. The van der Waals surface area contributed by atoms with E-state index in [4.69, 9.17) is 0 Å². The van der Waals surface area contributed by atoms with Crippen molar-refractivity contribution in [2.45, 2.75) is 118 Å². The smallest absolute Gasteiger partial charge is 0.0642 e. The highest BCUT2D eigenvalue weighted by Crippen LogP contribution is 2.67. The molecule has 0 aromatic rings. The molecule has 1 nitrogen and oxygen atoms in total. The van der Waals surface area contributed by atoms with E-state index in [0.29, 0.717) is 16.7 Å². The number of rotatable bonds is 5. The molecule has 29 heavy (non-hydrogen) atoms. The molecule has 3 saturated carbocycles. The van der Waals surface area contributed by atoms with E-state index in [1.165, 1.54) is 64.2 Å². The maximum atomic E-state index is 10.8. The fourth-order valence-electron chi connectivity index (χ4n) is 8.68. The molecule has 3 fully saturated rings. The summed E-state index contributed by atoms with van der Waals surface area (Å²) in [6, 6.07) is 0. The van der Waals surface area contributed by atoms with E-state index in [0.717, 1.165) is 36.0 Å². The highest BCUT2D eigenvalue weighted by atomic mass is 16.3. The average Bonchev–Trinajstić information content (AvgIpc) is 3.03. The lowest BCUT2D eigenvalue weighted by molar-refractivity contribution is -0.0537. The third-order valence-corrected chi connectivity index (χ3v) is 11.1. The maximum absolute atomic E-state index is 10.8. The SMILES string of the molecule is CC(CCC(C)(O)C(C)C)C1CCC2C3CC=C4CCCCC4(C)C3CCC12C. The molecule has 0 aliphatic heterocycles. The van der Waals surface area contributed by atoms with Gasteiger partial charge < -0.3 is 5.11 Å². The Morgan fingerprint density at radius 2 is 1.83 bits per heavy atom. The number of hydrogen-bond acceptors (Lipinski definition) is 1. The predicted octanol–water partition coefficient (Wildman–Crippen LogP) is 7.78. The van der Waals surface area contributed by atoms with Gasteiger partial charge in [-0.1, -0.05) is 52.7 Å². The van der Waals surface area contributed by atoms with Crippen molar-refractivity contribution in [2.24, 2.45) is 46.3 Å².